The number of hydrogen-bond donors (Lipinski definition) is 1. The zero-order valence-corrected chi connectivity index (χ0v) is 11.5. The lowest BCUT2D eigenvalue weighted by Crippen LogP contribution is -2.46. The van der Waals surface area contributed by atoms with Crippen LogP contribution in [0.4, 0.5) is 0 Å². The SMILES string of the molecule is CCOC1CC(N[C@H](C)c2ccccc2OC)C1. The Balaban J connectivity index is 1.87. The Labute approximate surface area is 109 Å². The average molecular weight is 249 g/mol. The standard InChI is InChI=1S/C15H23NO2/c1-4-18-13-9-12(10-13)16-11(2)14-7-5-6-8-15(14)17-3/h5-8,11-13,16H,4,9-10H2,1-3H3/t11-,12?,13?/m1/s1. The molecule has 0 amide bonds. The van der Waals surface area contributed by atoms with Crippen molar-refractivity contribution in [2.75, 3.05) is 13.7 Å². The fourth-order valence-corrected chi connectivity index (χ4v) is 2.54. The zero-order chi connectivity index (χ0) is 13.0. The molecule has 0 bridgehead atoms. The van der Waals surface area contributed by atoms with Crippen LogP contribution in [0.3, 0.4) is 0 Å². The van der Waals surface area contributed by atoms with E-state index in [2.05, 4.69) is 31.3 Å². The van der Waals surface area contributed by atoms with Crippen molar-refractivity contribution in [3.8, 4) is 5.75 Å². The lowest BCUT2D eigenvalue weighted by molar-refractivity contribution is -0.0120. The third-order valence-electron chi connectivity index (χ3n) is 3.59. The Hall–Kier alpha value is -1.06. The van der Waals surface area contributed by atoms with Gasteiger partial charge in [-0.3, -0.25) is 0 Å². The summed E-state index contributed by atoms with van der Waals surface area (Å²) >= 11 is 0. The molecule has 3 heteroatoms. The number of nitrogens with one attached hydrogen (secondary N) is 1. The first-order valence-electron chi connectivity index (χ1n) is 6.75. The summed E-state index contributed by atoms with van der Waals surface area (Å²) in [5.41, 5.74) is 1.22. The minimum Gasteiger partial charge on any atom is -0.496 e. The summed E-state index contributed by atoms with van der Waals surface area (Å²) < 4.78 is 11.0. The van der Waals surface area contributed by atoms with E-state index in [0.29, 0.717) is 18.2 Å². The lowest BCUT2D eigenvalue weighted by atomic mass is 9.88. The number of ether oxygens (including phenoxy) is 2. The molecule has 0 saturated heterocycles. The molecule has 0 aromatic heterocycles. The highest BCUT2D eigenvalue weighted by molar-refractivity contribution is 5.35. The molecular weight excluding hydrogens is 226 g/mol. The fraction of sp³-hybridized carbons (Fsp3) is 0.600. The second-order valence-corrected chi connectivity index (χ2v) is 4.88. The molecule has 1 N–H and O–H groups in total. The van der Waals surface area contributed by atoms with E-state index in [-0.39, 0.29) is 0 Å². The van der Waals surface area contributed by atoms with Crippen LogP contribution in [0.25, 0.3) is 0 Å². The Morgan fingerprint density at radius 3 is 2.72 bits per heavy atom. The largest absolute Gasteiger partial charge is 0.496 e. The minimum absolute atomic E-state index is 0.314. The molecule has 0 unspecified atom stereocenters. The minimum atomic E-state index is 0.314. The topological polar surface area (TPSA) is 30.5 Å². The third-order valence-corrected chi connectivity index (χ3v) is 3.59. The predicted molar refractivity (Wildman–Crippen MR) is 73.0 cm³/mol. The molecule has 1 aliphatic rings. The predicted octanol–water partition coefficient (Wildman–Crippen LogP) is 2.91. The lowest BCUT2D eigenvalue weighted by Gasteiger charge is -2.37. The van der Waals surface area contributed by atoms with Crippen molar-refractivity contribution in [2.24, 2.45) is 0 Å². The molecule has 0 aliphatic heterocycles. The Morgan fingerprint density at radius 1 is 1.33 bits per heavy atom. The molecule has 2 rings (SSSR count). The van der Waals surface area contributed by atoms with Gasteiger partial charge in [-0.15, -0.1) is 0 Å². The van der Waals surface area contributed by atoms with Crippen LogP contribution in [0.5, 0.6) is 5.75 Å². The molecule has 1 aliphatic carbocycles. The molecule has 1 aromatic carbocycles. The first-order chi connectivity index (χ1) is 8.74. The molecule has 100 valence electrons. The molecule has 0 radical (unpaired) electrons. The van der Waals surface area contributed by atoms with Gasteiger partial charge in [0.1, 0.15) is 5.75 Å². The van der Waals surface area contributed by atoms with Crippen molar-refractivity contribution >= 4 is 0 Å². The normalized spacial score (nSPS) is 24.4. The van der Waals surface area contributed by atoms with Crippen LogP contribution in [0, 0.1) is 0 Å². The van der Waals surface area contributed by atoms with Crippen LogP contribution in [-0.4, -0.2) is 25.9 Å². The van der Waals surface area contributed by atoms with Crippen molar-refractivity contribution in [2.45, 2.75) is 44.9 Å². The van der Waals surface area contributed by atoms with Gasteiger partial charge in [-0.1, -0.05) is 18.2 Å². The summed E-state index contributed by atoms with van der Waals surface area (Å²) in [7, 11) is 1.72. The second-order valence-electron chi connectivity index (χ2n) is 4.88. The smallest absolute Gasteiger partial charge is 0.123 e. The molecule has 1 fully saturated rings. The van der Waals surface area contributed by atoms with E-state index in [0.717, 1.165) is 25.2 Å². The van der Waals surface area contributed by atoms with Gasteiger partial charge in [-0.05, 0) is 32.8 Å². The fourth-order valence-electron chi connectivity index (χ4n) is 2.54. The summed E-state index contributed by atoms with van der Waals surface area (Å²) in [6.45, 7) is 5.06. The zero-order valence-electron chi connectivity index (χ0n) is 11.5. The van der Waals surface area contributed by atoms with Gasteiger partial charge in [0.2, 0.25) is 0 Å². The van der Waals surface area contributed by atoms with Crippen LogP contribution in [0.1, 0.15) is 38.3 Å². The van der Waals surface area contributed by atoms with Gasteiger partial charge in [0.25, 0.3) is 0 Å². The molecule has 0 heterocycles. The second kappa shape index (κ2) is 6.21. The Kier molecular flexibility index (Phi) is 4.61. The summed E-state index contributed by atoms with van der Waals surface area (Å²) in [6.07, 6.45) is 2.69. The molecular formula is C15H23NO2. The van der Waals surface area contributed by atoms with Gasteiger partial charge in [0, 0.05) is 24.3 Å². The highest BCUT2D eigenvalue weighted by atomic mass is 16.5. The van der Waals surface area contributed by atoms with Crippen molar-refractivity contribution in [3.05, 3.63) is 29.8 Å². The number of rotatable bonds is 6. The van der Waals surface area contributed by atoms with E-state index in [1.807, 2.05) is 12.1 Å². The number of para-hydroxylation sites is 1. The highest BCUT2D eigenvalue weighted by Crippen LogP contribution is 2.29. The maximum absolute atomic E-state index is 5.58. The molecule has 0 spiro atoms. The van der Waals surface area contributed by atoms with Gasteiger partial charge in [0.15, 0.2) is 0 Å². The van der Waals surface area contributed by atoms with E-state index >= 15 is 0 Å². The Morgan fingerprint density at radius 2 is 2.06 bits per heavy atom. The molecule has 3 nitrogen and oxygen atoms in total. The van der Waals surface area contributed by atoms with Crippen LogP contribution >= 0.6 is 0 Å². The summed E-state index contributed by atoms with van der Waals surface area (Å²) in [5.74, 6) is 0.957. The van der Waals surface area contributed by atoms with E-state index in [1.54, 1.807) is 7.11 Å². The maximum atomic E-state index is 5.58. The molecule has 1 aromatic rings. The van der Waals surface area contributed by atoms with Crippen LogP contribution < -0.4 is 10.1 Å². The summed E-state index contributed by atoms with van der Waals surface area (Å²) in [6, 6.07) is 9.07. The number of methoxy groups -OCH3 is 1. The number of hydrogen-bond acceptors (Lipinski definition) is 3. The van der Waals surface area contributed by atoms with Crippen LogP contribution in [-0.2, 0) is 4.74 Å². The van der Waals surface area contributed by atoms with E-state index in [9.17, 15) is 0 Å². The highest BCUT2D eigenvalue weighted by Gasteiger charge is 2.30. The molecule has 1 atom stereocenters. The first kappa shape index (κ1) is 13.4. The van der Waals surface area contributed by atoms with Crippen molar-refractivity contribution in [1.29, 1.82) is 0 Å². The summed E-state index contributed by atoms with van der Waals surface area (Å²) in [5, 5.41) is 3.64. The average Bonchev–Trinajstić information content (AvgIpc) is 2.36. The molecule has 18 heavy (non-hydrogen) atoms. The summed E-state index contributed by atoms with van der Waals surface area (Å²) in [4.78, 5) is 0. The van der Waals surface area contributed by atoms with Gasteiger partial charge < -0.3 is 14.8 Å². The quantitative estimate of drug-likeness (QED) is 0.841. The first-order valence-corrected chi connectivity index (χ1v) is 6.75. The third kappa shape index (κ3) is 3.03. The van der Waals surface area contributed by atoms with Crippen molar-refractivity contribution in [1.82, 2.24) is 5.32 Å². The van der Waals surface area contributed by atoms with Crippen LogP contribution in [0.2, 0.25) is 0 Å². The number of benzene rings is 1. The Bertz CT molecular complexity index is 375. The molecule has 1 saturated carbocycles. The van der Waals surface area contributed by atoms with E-state index < -0.39 is 0 Å². The van der Waals surface area contributed by atoms with Gasteiger partial charge >= 0.3 is 0 Å². The van der Waals surface area contributed by atoms with Crippen LogP contribution in [0.15, 0.2) is 24.3 Å². The maximum Gasteiger partial charge on any atom is 0.123 e. The van der Waals surface area contributed by atoms with Gasteiger partial charge in [-0.25, -0.2) is 0 Å². The van der Waals surface area contributed by atoms with E-state index in [1.165, 1.54) is 5.56 Å². The van der Waals surface area contributed by atoms with Gasteiger partial charge in [0.05, 0.1) is 13.2 Å². The van der Waals surface area contributed by atoms with E-state index in [4.69, 9.17) is 9.47 Å². The van der Waals surface area contributed by atoms with Gasteiger partial charge in [-0.2, -0.15) is 0 Å². The van der Waals surface area contributed by atoms with Crippen molar-refractivity contribution < 1.29 is 9.47 Å². The monoisotopic (exact) mass is 249 g/mol. The van der Waals surface area contributed by atoms with Crippen molar-refractivity contribution in [3.63, 3.8) is 0 Å².